The summed E-state index contributed by atoms with van der Waals surface area (Å²) in [6.07, 6.45) is 5.89. The van der Waals surface area contributed by atoms with Gasteiger partial charge in [-0.3, -0.25) is 9.78 Å². The zero-order valence-corrected chi connectivity index (χ0v) is 16.4. The smallest absolute Gasteiger partial charge is 0.243 e. The minimum atomic E-state index is -3.66. The number of benzene rings is 1. The summed E-state index contributed by atoms with van der Waals surface area (Å²) in [6.45, 7) is 0.800. The van der Waals surface area contributed by atoms with Gasteiger partial charge in [-0.25, -0.2) is 8.42 Å². The lowest BCUT2D eigenvalue weighted by Gasteiger charge is -2.34. The van der Waals surface area contributed by atoms with E-state index in [1.54, 1.807) is 24.5 Å². The monoisotopic (exact) mass is 407 g/mol. The van der Waals surface area contributed by atoms with Crippen LogP contribution in [-0.4, -0.2) is 36.2 Å². The van der Waals surface area contributed by atoms with Gasteiger partial charge in [-0.05, 0) is 48.7 Å². The molecule has 1 saturated heterocycles. The molecular formula is C19H22ClN3O3S. The van der Waals surface area contributed by atoms with Gasteiger partial charge in [0.15, 0.2) is 0 Å². The van der Waals surface area contributed by atoms with Crippen molar-refractivity contribution in [1.29, 1.82) is 0 Å². The minimum Gasteiger partial charge on any atom is -0.352 e. The van der Waals surface area contributed by atoms with Crippen molar-refractivity contribution < 1.29 is 13.2 Å². The maximum atomic E-state index is 13.0. The number of amides is 1. The number of carbonyl (C=O) groups is 1. The van der Waals surface area contributed by atoms with Crippen LogP contribution in [0.5, 0.6) is 0 Å². The number of sulfonamides is 1. The fraction of sp³-hybridized carbons (Fsp3) is 0.368. The standard InChI is InChI=1S/C19H22ClN3O3S/c20-16-6-8-18(9-7-16)27(25,26)23-11-2-1-5-17(23)12-19(24)22-14-15-4-3-10-21-13-15/h3-4,6-10,13,17H,1-2,5,11-12,14H2,(H,22,24)/t17-/m1/s1. The van der Waals surface area contributed by atoms with E-state index in [9.17, 15) is 13.2 Å². The first kappa shape index (κ1) is 19.8. The van der Waals surface area contributed by atoms with Gasteiger partial charge in [-0.15, -0.1) is 0 Å². The van der Waals surface area contributed by atoms with E-state index in [0.717, 1.165) is 18.4 Å². The highest BCUT2D eigenvalue weighted by molar-refractivity contribution is 7.89. The Hall–Kier alpha value is -1.96. The van der Waals surface area contributed by atoms with E-state index in [4.69, 9.17) is 11.6 Å². The molecule has 1 amide bonds. The van der Waals surface area contributed by atoms with E-state index >= 15 is 0 Å². The predicted molar refractivity (Wildman–Crippen MR) is 104 cm³/mol. The van der Waals surface area contributed by atoms with Gasteiger partial charge in [0.05, 0.1) is 4.90 Å². The molecule has 1 atom stereocenters. The first-order valence-corrected chi connectivity index (χ1v) is 10.7. The number of aromatic nitrogens is 1. The molecule has 1 N–H and O–H groups in total. The third-order valence-electron chi connectivity index (χ3n) is 4.63. The lowest BCUT2D eigenvalue weighted by Crippen LogP contribution is -2.45. The zero-order valence-electron chi connectivity index (χ0n) is 14.8. The highest BCUT2D eigenvalue weighted by Gasteiger charge is 2.34. The summed E-state index contributed by atoms with van der Waals surface area (Å²) < 4.78 is 27.5. The van der Waals surface area contributed by atoms with Crippen LogP contribution in [0.1, 0.15) is 31.2 Å². The van der Waals surface area contributed by atoms with Crippen molar-refractivity contribution in [2.75, 3.05) is 6.54 Å². The average Bonchev–Trinajstić information content (AvgIpc) is 2.68. The van der Waals surface area contributed by atoms with E-state index in [1.807, 2.05) is 12.1 Å². The molecule has 2 heterocycles. The summed E-state index contributed by atoms with van der Waals surface area (Å²) in [6, 6.07) is 9.49. The van der Waals surface area contributed by atoms with Gasteiger partial charge in [0.25, 0.3) is 0 Å². The fourth-order valence-corrected chi connectivity index (χ4v) is 5.04. The number of pyridine rings is 1. The molecule has 0 spiro atoms. The molecule has 1 aliphatic heterocycles. The molecule has 27 heavy (non-hydrogen) atoms. The highest BCUT2D eigenvalue weighted by atomic mass is 35.5. The Kier molecular flexibility index (Phi) is 6.46. The lowest BCUT2D eigenvalue weighted by molar-refractivity contribution is -0.122. The van der Waals surface area contributed by atoms with Crippen LogP contribution in [0.15, 0.2) is 53.7 Å². The van der Waals surface area contributed by atoms with Crippen molar-refractivity contribution in [2.45, 2.75) is 43.2 Å². The number of hydrogen-bond acceptors (Lipinski definition) is 4. The molecule has 0 bridgehead atoms. The molecule has 6 nitrogen and oxygen atoms in total. The molecule has 1 aromatic heterocycles. The van der Waals surface area contributed by atoms with E-state index in [2.05, 4.69) is 10.3 Å². The number of piperidine rings is 1. The quantitative estimate of drug-likeness (QED) is 0.798. The van der Waals surface area contributed by atoms with Gasteiger partial charge in [-0.2, -0.15) is 4.31 Å². The largest absolute Gasteiger partial charge is 0.352 e. The highest BCUT2D eigenvalue weighted by Crippen LogP contribution is 2.27. The number of carbonyl (C=O) groups excluding carboxylic acids is 1. The van der Waals surface area contributed by atoms with Gasteiger partial charge in [0.2, 0.25) is 15.9 Å². The van der Waals surface area contributed by atoms with Crippen molar-refractivity contribution >= 4 is 27.5 Å². The molecule has 3 rings (SSSR count). The summed E-state index contributed by atoms with van der Waals surface area (Å²) in [7, 11) is -3.66. The van der Waals surface area contributed by atoms with Crippen LogP contribution in [-0.2, 0) is 21.4 Å². The maximum absolute atomic E-state index is 13.0. The molecule has 8 heteroatoms. The molecule has 0 unspecified atom stereocenters. The van der Waals surface area contributed by atoms with E-state index in [0.29, 0.717) is 24.5 Å². The second-order valence-corrected chi connectivity index (χ2v) is 8.89. The van der Waals surface area contributed by atoms with E-state index < -0.39 is 10.0 Å². The molecule has 1 aliphatic rings. The molecule has 0 radical (unpaired) electrons. The summed E-state index contributed by atoms with van der Waals surface area (Å²) in [5, 5.41) is 3.33. The molecule has 2 aromatic rings. The van der Waals surface area contributed by atoms with E-state index in [-0.39, 0.29) is 23.3 Å². The van der Waals surface area contributed by atoms with Gasteiger partial charge in [0, 0.05) is 43.0 Å². The normalized spacial score (nSPS) is 18.2. The van der Waals surface area contributed by atoms with Gasteiger partial charge in [-0.1, -0.05) is 24.1 Å². The van der Waals surface area contributed by atoms with Gasteiger partial charge in [0.1, 0.15) is 0 Å². The third-order valence-corrected chi connectivity index (χ3v) is 6.84. The second kappa shape index (κ2) is 8.82. The van der Waals surface area contributed by atoms with Crippen LogP contribution >= 0.6 is 11.6 Å². The van der Waals surface area contributed by atoms with Gasteiger partial charge < -0.3 is 5.32 Å². The van der Waals surface area contributed by atoms with Crippen molar-refractivity contribution in [1.82, 2.24) is 14.6 Å². The molecule has 0 aliphatic carbocycles. The number of hydrogen-bond donors (Lipinski definition) is 1. The SMILES string of the molecule is O=C(C[C@H]1CCCCN1S(=O)(=O)c1ccc(Cl)cc1)NCc1cccnc1. The Morgan fingerprint density at radius 1 is 1.22 bits per heavy atom. The topological polar surface area (TPSA) is 79.4 Å². The second-order valence-electron chi connectivity index (χ2n) is 6.56. The molecule has 0 saturated carbocycles. The Labute approximate surface area is 164 Å². The van der Waals surface area contributed by atoms with Crippen LogP contribution in [0.2, 0.25) is 5.02 Å². The first-order chi connectivity index (χ1) is 13.0. The molecule has 1 aromatic carbocycles. The van der Waals surface area contributed by atoms with Crippen LogP contribution in [0.25, 0.3) is 0 Å². The van der Waals surface area contributed by atoms with E-state index in [1.165, 1.54) is 16.4 Å². The number of halogens is 1. The third kappa shape index (κ3) is 5.06. The average molecular weight is 408 g/mol. The fourth-order valence-electron chi connectivity index (χ4n) is 3.23. The van der Waals surface area contributed by atoms with Crippen LogP contribution in [0.4, 0.5) is 0 Å². The van der Waals surface area contributed by atoms with Crippen molar-refractivity contribution in [2.24, 2.45) is 0 Å². The number of nitrogens with zero attached hydrogens (tertiary/aromatic N) is 2. The minimum absolute atomic E-state index is 0.146. The summed E-state index contributed by atoms with van der Waals surface area (Å²) in [5.41, 5.74) is 0.903. The van der Waals surface area contributed by atoms with Crippen molar-refractivity contribution in [3.63, 3.8) is 0 Å². The maximum Gasteiger partial charge on any atom is 0.243 e. The summed E-state index contributed by atoms with van der Waals surface area (Å²) >= 11 is 5.86. The molecular weight excluding hydrogens is 386 g/mol. The number of nitrogens with one attached hydrogen (secondary N) is 1. The summed E-state index contributed by atoms with van der Waals surface area (Å²) in [5.74, 6) is -0.165. The molecule has 1 fully saturated rings. The molecule has 144 valence electrons. The number of rotatable bonds is 6. The Morgan fingerprint density at radius 3 is 2.70 bits per heavy atom. The zero-order chi connectivity index (χ0) is 19.3. The van der Waals surface area contributed by atoms with Crippen molar-refractivity contribution in [3.05, 3.63) is 59.4 Å². The predicted octanol–water partition coefficient (Wildman–Crippen LogP) is 2.98. The van der Waals surface area contributed by atoms with Crippen LogP contribution in [0, 0.1) is 0 Å². The van der Waals surface area contributed by atoms with Crippen LogP contribution in [0.3, 0.4) is 0 Å². The Bertz CT molecular complexity index is 873. The van der Waals surface area contributed by atoms with Gasteiger partial charge >= 0.3 is 0 Å². The van der Waals surface area contributed by atoms with Crippen molar-refractivity contribution in [3.8, 4) is 0 Å². The lowest BCUT2D eigenvalue weighted by atomic mass is 10.0. The Morgan fingerprint density at radius 2 is 2.00 bits per heavy atom. The first-order valence-electron chi connectivity index (χ1n) is 8.90. The summed E-state index contributed by atoms with van der Waals surface area (Å²) in [4.78, 5) is 16.6. The van der Waals surface area contributed by atoms with Crippen LogP contribution < -0.4 is 5.32 Å². The Balaban J connectivity index is 1.67.